The molecule has 0 bridgehead atoms. The lowest BCUT2D eigenvalue weighted by Crippen LogP contribution is -2.18. The lowest BCUT2D eigenvalue weighted by atomic mass is 10.1. The highest BCUT2D eigenvalue weighted by Gasteiger charge is 2.12. The van der Waals surface area contributed by atoms with Crippen molar-refractivity contribution in [1.29, 1.82) is 0 Å². The Labute approximate surface area is 108 Å². The number of anilines is 1. The van der Waals surface area contributed by atoms with Crippen molar-refractivity contribution in [3.63, 3.8) is 0 Å². The van der Waals surface area contributed by atoms with Gasteiger partial charge in [-0.25, -0.2) is 8.42 Å². The van der Waals surface area contributed by atoms with Gasteiger partial charge in [-0.15, -0.1) is 0 Å². The number of nitrogens with one attached hydrogen (secondary N) is 1. The molecule has 5 nitrogen and oxygen atoms in total. The SMILES string of the molecule is COCCc1ccccc1NS(=O)(=O)CCCO. The van der Waals surface area contributed by atoms with Crippen LogP contribution in [-0.4, -0.2) is 39.6 Å². The molecule has 1 aromatic carbocycles. The van der Waals surface area contributed by atoms with E-state index in [2.05, 4.69) is 4.72 Å². The highest BCUT2D eigenvalue weighted by atomic mass is 32.2. The Morgan fingerprint density at radius 3 is 2.72 bits per heavy atom. The molecule has 0 aliphatic rings. The summed E-state index contributed by atoms with van der Waals surface area (Å²) in [5, 5.41) is 8.66. The van der Waals surface area contributed by atoms with Gasteiger partial charge in [-0.3, -0.25) is 4.72 Å². The molecule has 0 aliphatic carbocycles. The molecule has 0 saturated carbocycles. The van der Waals surface area contributed by atoms with Gasteiger partial charge in [0, 0.05) is 13.7 Å². The topological polar surface area (TPSA) is 75.6 Å². The van der Waals surface area contributed by atoms with E-state index in [0.717, 1.165) is 5.56 Å². The van der Waals surface area contributed by atoms with Crippen molar-refractivity contribution in [2.75, 3.05) is 30.8 Å². The largest absolute Gasteiger partial charge is 0.396 e. The molecule has 6 heteroatoms. The van der Waals surface area contributed by atoms with Gasteiger partial charge in [-0.2, -0.15) is 0 Å². The van der Waals surface area contributed by atoms with Crippen LogP contribution in [0.25, 0.3) is 0 Å². The molecule has 1 rings (SSSR count). The summed E-state index contributed by atoms with van der Waals surface area (Å²) in [5.41, 5.74) is 1.47. The van der Waals surface area contributed by atoms with Gasteiger partial charge in [0.05, 0.1) is 18.0 Å². The summed E-state index contributed by atoms with van der Waals surface area (Å²) < 4.78 is 31.0. The van der Waals surface area contributed by atoms with E-state index in [1.807, 2.05) is 12.1 Å². The number of sulfonamides is 1. The van der Waals surface area contributed by atoms with Crippen molar-refractivity contribution in [3.05, 3.63) is 29.8 Å². The van der Waals surface area contributed by atoms with E-state index in [4.69, 9.17) is 9.84 Å². The Morgan fingerprint density at radius 2 is 2.06 bits per heavy atom. The normalized spacial score (nSPS) is 11.4. The predicted octanol–water partition coefficient (Wildman–Crippen LogP) is 1.000. The quantitative estimate of drug-likeness (QED) is 0.741. The molecule has 0 aromatic heterocycles. The first-order valence-corrected chi connectivity index (χ1v) is 7.42. The summed E-state index contributed by atoms with van der Waals surface area (Å²) in [6, 6.07) is 7.22. The van der Waals surface area contributed by atoms with Crippen LogP contribution >= 0.6 is 0 Å². The summed E-state index contributed by atoms with van der Waals surface area (Å²) in [5.74, 6) is -0.0812. The summed E-state index contributed by atoms with van der Waals surface area (Å²) in [6.07, 6.45) is 0.880. The number of hydrogen-bond acceptors (Lipinski definition) is 4. The molecule has 0 spiro atoms. The first-order valence-electron chi connectivity index (χ1n) is 5.77. The molecule has 0 aliphatic heterocycles. The van der Waals surface area contributed by atoms with Gasteiger partial charge in [0.25, 0.3) is 0 Å². The minimum absolute atomic E-state index is 0.0812. The van der Waals surface area contributed by atoms with E-state index in [0.29, 0.717) is 18.7 Å². The van der Waals surface area contributed by atoms with Gasteiger partial charge >= 0.3 is 0 Å². The minimum Gasteiger partial charge on any atom is -0.396 e. The molecular weight excluding hydrogens is 254 g/mol. The van der Waals surface area contributed by atoms with Gasteiger partial charge in [0.2, 0.25) is 10.0 Å². The summed E-state index contributed by atoms with van der Waals surface area (Å²) in [7, 11) is -1.79. The van der Waals surface area contributed by atoms with Crippen molar-refractivity contribution in [2.45, 2.75) is 12.8 Å². The van der Waals surface area contributed by atoms with E-state index in [9.17, 15) is 8.42 Å². The van der Waals surface area contributed by atoms with E-state index in [-0.39, 0.29) is 18.8 Å². The van der Waals surface area contributed by atoms with Crippen LogP contribution in [0.5, 0.6) is 0 Å². The van der Waals surface area contributed by atoms with Gasteiger partial charge in [0.1, 0.15) is 0 Å². The third-order valence-corrected chi connectivity index (χ3v) is 3.79. The van der Waals surface area contributed by atoms with Crippen LogP contribution < -0.4 is 4.72 Å². The minimum atomic E-state index is -3.40. The van der Waals surface area contributed by atoms with Crippen LogP contribution in [-0.2, 0) is 21.2 Å². The highest BCUT2D eigenvalue weighted by molar-refractivity contribution is 7.92. The molecular formula is C12H19NO4S. The Hall–Kier alpha value is -1.11. The number of aliphatic hydroxyl groups is 1. The van der Waals surface area contributed by atoms with Gasteiger partial charge in [-0.05, 0) is 24.5 Å². The zero-order chi connectivity index (χ0) is 13.4. The van der Waals surface area contributed by atoms with Crippen LogP contribution in [0.1, 0.15) is 12.0 Å². The molecule has 0 atom stereocenters. The lowest BCUT2D eigenvalue weighted by molar-refractivity contribution is 0.202. The fraction of sp³-hybridized carbons (Fsp3) is 0.500. The van der Waals surface area contributed by atoms with Crippen LogP contribution in [0.3, 0.4) is 0 Å². The molecule has 0 unspecified atom stereocenters. The number of ether oxygens (including phenoxy) is 1. The smallest absolute Gasteiger partial charge is 0.232 e. The van der Waals surface area contributed by atoms with E-state index in [1.165, 1.54) is 0 Å². The third kappa shape index (κ3) is 5.03. The first kappa shape index (κ1) is 14.9. The number of benzene rings is 1. The zero-order valence-corrected chi connectivity index (χ0v) is 11.2. The van der Waals surface area contributed by atoms with Gasteiger partial charge in [-0.1, -0.05) is 18.2 Å². The molecule has 102 valence electrons. The number of rotatable bonds is 8. The average Bonchev–Trinajstić information content (AvgIpc) is 2.35. The van der Waals surface area contributed by atoms with Crippen molar-refractivity contribution < 1.29 is 18.3 Å². The van der Waals surface area contributed by atoms with E-state index >= 15 is 0 Å². The van der Waals surface area contributed by atoms with Gasteiger partial charge < -0.3 is 9.84 Å². The maximum absolute atomic E-state index is 11.7. The van der Waals surface area contributed by atoms with Crippen molar-refractivity contribution in [2.24, 2.45) is 0 Å². The van der Waals surface area contributed by atoms with Crippen LogP contribution in [0.15, 0.2) is 24.3 Å². The Kier molecular flexibility index (Phi) is 6.11. The van der Waals surface area contributed by atoms with Crippen molar-refractivity contribution >= 4 is 15.7 Å². The Bertz CT molecular complexity index is 459. The molecule has 0 heterocycles. The number of aliphatic hydroxyl groups excluding tert-OH is 1. The van der Waals surface area contributed by atoms with Crippen molar-refractivity contribution in [3.8, 4) is 0 Å². The number of hydrogen-bond donors (Lipinski definition) is 2. The first-order chi connectivity index (χ1) is 8.59. The van der Waals surface area contributed by atoms with E-state index in [1.54, 1.807) is 19.2 Å². The summed E-state index contributed by atoms with van der Waals surface area (Å²) in [6.45, 7) is 0.404. The maximum atomic E-state index is 11.7. The Morgan fingerprint density at radius 1 is 1.33 bits per heavy atom. The monoisotopic (exact) mass is 273 g/mol. The Balaban J connectivity index is 2.77. The van der Waals surface area contributed by atoms with Gasteiger partial charge in [0.15, 0.2) is 0 Å². The maximum Gasteiger partial charge on any atom is 0.232 e. The van der Waals surface area contributed by atoms with Crippen LogP contribution in [0, 0.1) is 0 Å². The predicted molar refractivity (Wildman–Crippen MR) is 71.1 cm³/mol. The number of methoxy groups -OCH3 is 1. The molecule has 0 amide bonds. The second-order valence-electron chi connectivity index (χ2n) is 3.90. The molecule has 18 heavy (non-hydrogen) atoms. The highest BCUT2D eigenvalue weighted by Crippen LogP contribution is 2.17. The second kappa shape index (κ2) is 7.35. The van der Waals surface area contributed by atoms with Crippen LogP contribution in [0.2, 0.25) is 0 Å². The number of para-hydroxylation sites is 1. The molecule has 1 aromatic rings. The fourth-order valence-corrected chi connectivity index (χ4v) is 2.67. The van der Waals surface area contributed by atoms with E-state index < -0.39 is 10.0 Å². The molecule has 0 fully saturated rings. The lowest BCUT2D eigenvalue weighted by Gasteiger charge is -2.12. The molecule has 0 radical (unpaired) electrons. The molecule has 2 N–H and O–H groups in total. The van der Waals surface area contributed by atoms with Crippen LogP contribution in [0.4, 0.5) is 5.69 Å². The average molecular weight is 273 g/mol. The van der Waals surface area contributed by atoms with Crippen molar-refractivity contribution in [1.82, 2.24) is 0 Å². The fourth-order valence-electron chi connectivity index (χ4n) is 1.52. The zero-order valence-electron chi connectivity index (χ0n) is 10.4. The summed E-state index contributed by atoms with van der Waals surface area (Å²) >= 11 is 0. The standard InChI is InChI=1S/C12H19NO4S/c1-17-9-7-11-5-2-3-6-12(11)13-18(15,16)10-4-8-14/h2-3,5-6,13-14H,4,7-10H2,1H3. The summed E-state index contributed by atoms with van der Waals surface area (Å²) in [4.78, 5) is 0. The molecule has 0 saturated heterocycles. The third-order valence-electron chi connectivity index (χ3n) is 2.43. The second-order valence-corrected chi connectivity index (χ2v) is 5.74.